The summed E-state index contributed by atoms with van der Waals surface area (Å²) in [6.45, 7) is 5.49. The second kappa shape index (κ2) is 7.76. The van der Waals surface area contributed by atoms with Gasteiger partial charge in [-0.1, -0.05) is 12.1 Å². The molecule has 26 heavy (non-hydrogen) atoms. The molecular weight excluding hydrogens is 328 g/mol. The Hall–Kier alpha value is -2.57. The summed E-state index contributed by atoms with van der Waals surface area (Å²) in [4.78, 5) is 9.93. The molecule has 0 unspecified atom stereocenters. The highest BCUT2D eigenvalue weighted by Gasteiger charge is 2.10. The molecule has 0 bridgehead atoms. The van der Waals surface area contributed by atoms with Crippen LogP contribution in [0, 0.1) is 0 Å². The lowest BCUT2D eigenvalue weighted by molar-refractivity contribution is 0.0358. The van der Waals surface area contributed by atoms with Gasteiger partial charge in [-0.2, -0.15) is 0 Å². The highest BCUT2D eigenvalue weighted by atomic mass is 16.5. The second-order valence-electron chi connectivity index (χ2n) is 6.55. The van der Waals surface area contributed by atoms with E-state index in [4.69, 9.17) is 15.2 Å². The molecule has 1 aliphatic heterocycles. The zero-order chi connectivity index (χ0) is 17.8. The quantitative estimate of drug-likeness (QED) is 0.667. The normalized spacial score (nSPS) is 15.4. The molecule has 6 nitrogen and oxygen atoms in total. The molecule has 0 radical (unpaired) electrons. The number of rotatable bonds is 6. The lowest BCUT2D eigenvalue weighted by atomic mass is 10.1. The van der Waals surface area contributed by atoms with E-state index in [0.717, 1.165) is 67.2 Å². The lowest BCUT2D eigenvalue weighted by Gasteiger charge is -2.26. The van der Waals surface area contributed by atoms with E-state index in [1.54, 1.807) is 6.20 Å². The predicted molar refractivity (Wildman–Crippen MR) is 103 cm³/mol. The molecule has 6 heteroatoms. The smallest absolute Gasteiger partial charge is 0.139 e. The molecule has 4 rings (SSSR count). The fraction of sp³-hybridized carbons (Fsp3) is 0.350. The van der Waals surface area contributed by atoms with E-state index in [2.05, 4.69) is 33.1 Å². The van der Waals surface area contributed by atoms with E-state index in [1.165, 1.54) is 0 Å². The molecule has 1 aliphatic rings. The van der Waals surface area contributed by atoms with Crippen LogP contribution in [0.4, 0.5) is 5.69 Å². The van der Waals surface area contributed by atoms with E-state index in [0.29, 0.717) is 12.3 Å². The van der Waals surface area contributed by atoms with Gasteiger partial charge in [-0.15, -0.1) is 0 Å². The van der Waals surface area contributed by atoms with Gasteiger partial charge in [0, 0.05) is 43.0 Å². The van der Waals surface area contributed by atoms with E-state index in [9.17, 15) is 0 Å². The van der Waals surface area contributed by atoms with Gasteiger partial charge in [0.15, 0.2) is 0 Å². The van der Waals surface area contributed by atoms with Crippen molar-refractivity contribution in [1.29, 1.82) is 0 Å². The van der Waals surface area contributed by atoms with Crippen LogP contribution in [0.15, 0.2) is 42.7 Å². The van der Waals surface area contributed by atoms with Gasteiger partial charge < -0.3 is 20.2 Å². The summed E-state index contributed by atoms with van der Waals surface area (Å²) >= 11 is 0. The SMILES string of the molecule is Nc1c[nH]c2ncc(-c3cccc(OCCCN4CCOCC4)c3)cc12. The van der Waals surface area contributed by atoms with Crippen LogP contribution in [0.1, 0.15) is 6.42 Å². The Bertz CT molecular complexity index is 871. The Morgan fingerprint density at radius 1 is 1.19 bits per heavy atom. The summed E-state index contributed by atoms with van der Waals surface area (Å²) in [5.41, 5.74) is 9.61. The third kappa shape index (κ3) is 3.81. The number of anilines is 1. The summed E-state index contributed by atoms with van der Waals surface area (Å²) < 4.78 is 11.3. The summed E-state index contributed by atoms with van der Waals surface area (Å²) in [5.74, 6) is 0.881. The summed E-state index contributed by atoms with van der Waals surface area (Å²) in [7, 11) is 0. The molecule has 1 saturated heterocycles. The number of pyridine rings is 1. The Morgan fingerprint density at radius 3 is 2.96 bits per heavy atom. The van der Waals surface area contributed by atoms with Gasteiger partial charge in [-0.25, -0.2) is 4.98 Å². The van der Waals surface area contributed by atoms with Crippen molar-refractivity contribution >= 4 is 16.7 Å². The fourth-order valence-corrected chi connectivity index (χ4v) is 3.25. The molecule has 3 heterocycles. The first-order valence-electron chi connectivity index (χ1n) is 9.05. The number of nitrogens with two attached hydrogens (primary N) is 1. The Kier molecular flexibility index (Phi) is 5.04. The van der Waals surface area contributed by atoms with Gasteiger partial charge in [-0.05, 0) is 30.2 Å². The Morgan fingerprint density at radius 2 is 2.08 bits per heavy atom. The van der Waals surface area contributed by atoms with Crippen LogP contribution in [0.3, 0.4) is 0 Å². The molecular formula is C20H24N4O2. The zero-order valence-electron chi connectivity index (χ0n) is 14.8. The molecule has 136 valence electrons. The number of fused-ring (bicyclic) bond motifs is 1. The van der Waals surface area contributed by atoms with Crippen molar-refractivity contribution in [1.82, 2.24) is 14.9 Å². The van der Waals surface area contributed by atoms with Crippen LogP contribution in [-0.4, -0.2) is 54.3 Å². The van der Waals surface area contributed by atoms with Crippen LogP contribution in [0.2, 0.25) is 0 Å². The van der Waals surface area contributed by atoms with Crippen LogP contribution in [0.5, 0.6) is 5.75 Å². The lowest BCUT2D eigenvalue weighted by Crippen LogP contribution is -2.37. The molecule has 1 fully saturated rings. The number of ether oxygens (including phenoxy) is 2. The summed E-state index contributed by atoms with van der Waals surface area (Å²) in [5, 5.41) is 0.944. The van der Waals surface area contributed by atoms with Gasteiger partial charge >= 0.3 is 0 Å². The number of nitrogen functional groups attached to an aromatic ring is 1. The number of benzene rings is 1. The number of aromatic amines is 1. The minimum absolute atomic E-state index is 0.711. The third-order valence-corrected chi connectivity index (χ3v) is 4.72. The largest absolute Gasteiger partial charge is 0.494 e. The highest BCUT2D eigenvalue weighted by molar-refractivity contribution is 5.91. The van der Waals surface area contributed by atoms with Gasteiger partial charge in [0.25, 0.3) is 0 Å². The molecule has 0 aliphatic carbocycles. The molecule has 3 N–H and O–H groups in total. The van der Waals surface area contributed by atoms with Crippen LogP contribution in [0.25, 0.3) is 22.2 Å². The molecule has 1 aromatic carbocycles. The summed E-state index contributed by atoms with van der Waals surface area (Å²) in [6.07, 6.45) is 4.64. The molecule has 3 aromatic rings. The number of hydrogen-bond donors (Lipinski definition) is 2. The van der Waals surface area contributed by atoms with E-state index >= 15 is 0 Å². The van der Waals surface area contributed by atoms with Crippen LogP contribution >= 0.6 is 0 Å². The monoisotopic (exact) mass is 352 g/mol. The number of H-pyrrole nitrogens is 1. The fourth-order valence-electron chi connectivity index (χ4n) is 3.25. The zero-order valence-corrected chi connectivity index (χ0v) is 14.8. The number of morpholine rings is 1. The second-order valence-corrected chi connectivity index (χ2v) is 6.55. The highest BCUT2D eigenvalue weighted by Crippen LogP contribution is 2.28. The molecule has 0 saturated carbocycles. The first kappa shape index (κ1) is 16.9. The summed E-state index contributed by atoms with van der Waals surface area (Å²) in [6, 6.07) is 10.2. The van der Waals surface area contributed by atoms with Crippen molar-refractivity contribution < 1.29 is 9.47 Å². The van der Waals surface area contributed by atoms with E-state index in [-0.39, 0.29) is 0 Å². The third-order valence-electron chi connectivity index (χ3n) is 4.72. The molecule has 0 amide bonds. The number of aromatic nitrogens is 2. The number of hydrogen-bond acceptors (Lipinski definition) is 5. The predicted octanol–water partition coefficient (Wildman–Crippen LogP) is 2.91. The van der Waals surface area contributed by atoms with Crippen molar-refractivity contribution in [3.8, 4) is 16.9 Å². The maximum absolute atomic E-state index is 5.99. The van der Waals surface area contributed by atoms with E-state index < -0.39 is 0 Å². The van der Waals surface area contributed by atoms with Crippen molar-refractivity contribution in [3.63, 3.8) is 0 Å². The topological polar surface area (TPSA) is 76.4 Å². The minimum atomic E-state index is 0.711. The minimum Gasteiger partial charge on any atom is -0.494 e. The van der Waals surface area contributed by atoms with E-state index in [1.807, 2.05) is 18.3 Å². The first-order chi connectivity index (χ1) is 12.8. The molecule has 2 aromatic heterocycles. The van der Waals surface area contributed by atoms with Crippen LogP contribution in [-0.2, 0) is 4.74 Å². The molecule has 0 atom stereocenters. The van der Waals surface area contributed by atoms with Crippen molar-refractivity contribution in [3.05, 3.63) is 42.7 Å². The van der Waals surface area contributed by atoms with Gasteiger partial charge in [0.1, 0.15) is 11.4 Å². The maximum Gasteiger partial charge on any atom is 0.139 e. The Balaban J connectivity index is 1.38. The van der Waals surface area contributed by atoms with Crippen LogP contribution < -0.4 is 10.5 Å². The maximum atomic E-state index is 5.99. The average Bonchev–Trinajstić information content (AvgIpc) is 3.07. The number of nitrogens with one attached hydrogen (secondary N) is 1. The Labute approximate surface area is 152 Å². The standard InChI is InChI=1S/C20H24N4O2/c21-19-14-23-20-18(19)12-16(13-22-20)15-3-1-4-17(11-15)26-8-2-5-24-6-9-25-10-7-24/h1,3-4,11-14H,2,5-10,21H2,(H,22,23). The average molecular weight is 352 g/mol. The molecule has 0 spiro atoms. The number of nitrogens with zero attached hydrogens (tertiary/aromatic N) is 2. The van der Waals surface area contributed by atoms with Gasteiger partial charge in [0.2, 0.25) is 0 Å². The van der Waals surface area contributed by atoms with Gasteiger partial charge in [-0.3, -0.25) is 4.90 Å². The van der Waals surface area contributed by atoms with Crippen molar-refractivity contribution in [2.24, 2.45) is 0 Å². The first-order valence-corrected chi connectivity index (χ1v) is 9.05. The van der Waals surface area contributed by atoms with Crippen molar-refractivity contribution in [2.75, 3.05) is 45.2 Å². The van der Waals surface area contributed by atoms with Gasteiger partial charge in [0.05, 0.1) is 25.5 Å². The van der Waals surface area contributed by atoms with Crippen molar-refractivity contribution in [2.45, 2.75) is 6.42 Å².